The Kier molecular flexibility index (Phi) is 6.42. The van der Waals surface area contributed by atoms with Gasteiger partial charge < -0.3 is 14.6 Å². The Morgan fingerprint density at radius 2 is 1.93 bits per heavy atom. The first kappa shape index (κ1) is 20.9. The summed E-state index contributed by atoms with van der Waals surface area (Å²) >= 11 is 6.28. The number of hydrogen-bond donors (Lipinski definition) is 1. The maximum Gasteiger partial charge on any atom is 0.162 e. The summed E-state index contributed by atoms with van der Waals surface area (Å²) in [6, 6.07) is 13.9. The van der Waals surface area contributed by atoms with Crippen molar-refractivity contribution in [3.8, 4) is 22.8 Å². The molecule has 0 amide bonds. The van der Waals surface area contributed by atoms with Crippen molar-refractivity contribution in [2.24, 2.45) is 5.92 Å². The highest BCUT2D eigenvalue weighted by molar-refractivity contribution is 6.30. The third kappa shape index (κ3) is 4.38. The van der Waals surface area contributed by atoms with E-state index in [-0.39, 0.29) is 6.61 Å². The van der Waals surface area contributed by atoms with Crippen LogP contribution in [0.25, 0.3) is 22.2 Å². The molecule has 0 bridgehead atoms. The minimum atomic E-state index is 0.241. The predicted molar refractivity (Wildman–Crippen MR) is 120 cm³/mol. The second kappa shape index (κ2) is 9.21. The molecule has 3 aromatic rings. The number of benzene rings is 2. The lowest BCUT2D eigenvalue weighted by molar-refractivity contribution is 0.116. The molecule has 1 aliphatic rings. The van der Waals surface area contributed by atoms with Crippen molar-refractivity contribution < 1.29 is 14.6 Å². The molecule has 1 aliphatic heterocycles. The van der Waals surface area contributed by atoms with Gasteiger partial charge in [0.15, 0.2) is 11.5 Å². The largest absolute Gasteiger partial charge is 0.493 e. The van der Waals surface area contributed by atoms with Crippen LogP contribution in [0.3, 0.4) is 0 Å². The molecular weight excluding hydrogens is 400 g/mol. The van der Waals surface area contributed by atoms with E-state index in [0.29, 0.717) is 22.4 Å². The number of likely N-dealkylation sites (tertiary alicyclic amines) is 1. The fourth-order valence-corrected chi connectivity index (χ4v) is 4.43. The fourth-order valence-electron chi connectivity index (χ4n) is 4.24. The molecule has 4 rings (SSSR count). The maximum absolute atomic E-state index is 9.61. The lowest BCUT2D eigenvalue weighted by Crippen LogP contribution is -2.36. The van der Waals surface area contributed by atoms with Crippen molar-refractivity contribution in [1.82, 2.24) is 9.88 Å². The summed E-state index contributed by atoms with van der Waals surface area (Å²) in [5.41, 5.74) is 3.89. The van der Waals surface area contributed by atoms with Crippen molar-refractivity contribution in [2.45, 2.75) is 19.4 Å². The minimum Gasteiger partial charge on any atom is -0.493 e. The van der Waals surface area contributed by atoms with Crippen LogP contribution >= 0.6 is 11.6 Å². The van der Waals surface area contributed by atoms with Gasteiger partial charge in [0.2, 0.25) is 0 Å². The van der Waals surface area contributed by atoms with Gasteiger partial charge in [-0.2, -0.15) is 0 Å². The number of fused-ring (bicyclic) bond motifs is 1. The topological polar surface area (TPSA) is 54.8 Å². The van der Waals surface area contributed by atoms with Crippen LogP contribution in [0, 0.1) is 5.92 Å². The molecule has 5 nitrogen and oxygen atoms in total. The first-order valence-electron chi connectivity index (χ1n) is 10.3. The van der Waals surface area contributed by atoms with Crippen LogP contribution in [0.2, 0.25) is 5.02 Å². The van der Waals surface area contributed by atoms with Gasteiger partial charge >= 0.3 is 0 Å². The van der Waals surface area contributed by atoms with Crippen LogP contribution in [-0.4, -0.2) is 48.9 Å². The Bertz CT molecular complexity index is 1040. The van der Waals surface area contributed by atoms with Crippen LogP contribution < -0.4 is 9.47 Å². The molecule has 2 aromatic carbocycles. The fraction of sp³-hybridized carbons (Fsp3) is 0.375. The molecule has 2 heterocycles. The normalized spacial score (nSPS) is 17.3. The van der Waals surface area contributed by atoms with Gasteiger partial charge in [0.1, 0.15) is 0 Å². The quantitative estimate of drug-likeness (QED) is 0.614. The van der Waals surface area contributed by atoms with Crippen LogP contribution in [0.4, 0.5) is 0 Å². The van der Waals surface area contributed by atoms with E-state index < -0.39 is 0 Å². The summed E-state index contributed by atoms with van der Waals surface area (Å²) in [6.07, 6.45) is 2.19. The van der Waals surface area contributed by atoms with Gasteiger partial charge in [0.25, 0.3) is 0 Å². The molecule has 0 spiro atoms. The number of hydrogen-bond acceptors (Lipinski definition) is 5. The molecule has 1 aromatic heterocycles. The number of aliphatic hydroxyl groups excluding tert-OH is 1. The van der Waals surface area contributed by atoms with E-state index in [1.807, 2.05) is 36.4 Å². The molecule has 0 saturated carbocycles. The molecule has 1 atom stereocenters. The molecule has 0 radical (unpaired) electrons. The van der Waals surface area contributed by atoms with Gasteiger partial charge in [-0.05, 0) is 55.1 Å². The molecule has 1 N–H and O–H groups in total. The van der Waals surface area contributed by atoms with E-state index in [2.05, 4.69) is 11.0 Å². The Balaban J connectivity index is 1.81. The summed E-state index contributed by atoms with van der Waals surface area (Å²) in [5, 5.41) is 11.3. The second-order valence-electron chi connectivity index (χ2n) is 7.83. The van der Waals surface area contributed by atoms with E-state index in [9.17, 15) is 5.11 Å². The van der Waals surface area contributed by atoms with Crippen molar-refractivity contribution in [3.05, 3.63) is 53.1 Å². The zero-order valence-corrected chi connectivity index (χ0v) is 18.2. The standard InChI is InChI=1S/C24H27ClN2O3/c1-29-22-11-18-9-19(14-27-8-4-5-16(13-27)15-28)24(17-6-3-7-20(25)10-17)26-21(18)12-23(22)30-2/h3,6-7,9-12,16,28H,4-5,8,13-15H2,1-2H3/t16-/m1/s1. The van der Waals surface area contributed by atoms with Crippen molar-refractivity contribution in [3.63, 3.8) is 0 Å². The first-order chi connectivity index (χ1) is 14.6. The van der Waals surface area contributed by atoms with E-state index in [4.69, 9.17) is 26.1 Å². The number of methoxy groups -OCH3 is 2. The second-order valence-corrected chi connectivity index (χ2v) is 8.27. The highest BCUT2D eigenvalue weighted by Crippen LogP contribution is 2.35. The van der Waals surface area contributed by atoms with Gasteiger partial charge in [-0.15, -0.1) is 0 Å². The van der Waals surface area contributed by atoms with Gasteiger partial charge in [-0.1, -0.05) is 23.7 Å². The van der Waals surface area contributed by atoms with Gasteiger partial charge in [-0.3, -0.25) is 4.90 Å². The van der Waals surface area contributed by atoms with Crippen molar-refractivity contribution >= 4 is 22.5 Å². The molecule has 1 fully saturated rings. The number of aliphatic hydroxyl groups is 1. The predicted octanol–water partition coefficient (Wildman–Crippen LogP) is 4.78. The molecule has 0 unspecified atom stereocenters. The molecule has 0 aliphatic carbocycles. The number of rotatable bonds is 6. The lowest BCUT2D eigenvalue weighted by atomic mass is 9.97. The SMILES string of the molecule is COc1cc2cc(CN3CCC[C@@H](CO)C3)c(-c3cccc(Cl)c3)nc2cc1OC. The monoisotopic (exact) mass is 426 g/mol. The van der Waals surface area contributed by atoms with Crippen LogP contribution in [0.1, 0.15) is 18.4 Å². The van der Waals surface area contributed by atoms with Crippen molar-refractivity contribution in [2.75, 3.05) is 33.9 Å². The number of halogens is 1. The van der Waals surface area contributed by atoms with Crippen LogP contribution in [0.5, 0.6) is 11.5 Å². The Hall–Kier alpha value is -2.34. The number of nitrogens with zero attached hydrogens (tertiary/aromatic N) is 2. The highest BCUT2D eigenvalue weighted by atomic mass is 35.5. The van der Waals surface area contributed by atoms with E-state index in [1.54, 1.807) is 14.2 Å². The first-order valence-corrected chi connectivity index (χ1v) is 10.6. The van der Waals surface area contributed by atoms with Gasteiger partial charge in [0, 0.05) is 41.7 Å². The Morgan fingerprint density at radius 1 is 1.13 bits per heavy atom. The molecule has 1 saturated heterocycles. The van der Waals surface area contributed by atoms with Crippen molar-refractivity contribution in [1.29, 1.82) is 0 Å². The van der Waals surface area contributed by atoms with Crippen LogP contribution in [0.15, 0.2) is 42.5 Å². The third-order valence-electron chi connectivity index (χ3n) is 5.75. The average molecular weight is 427 g/mol. The highest BCUT2D eigenvalue weighted by Gasteiger charge is 2.21. The number of aromatic nitrogens is 1. The minimum absolute atomic E-state index is 0.241. The zero-order valence-electron chi connectivity index (χ0n) is 17.4. The number of piperidine rings is 1. The van der Waals surface area contributed by atoms with Gasteiger partial charge in [0.05, 0.1) is 25.4 Å². The molecule has 158 valence electrons. The van der Waals surface area contributed by atoms with E-state index in [0.717, 1.165) is 60.2 Å². The van der Waals surface area contributed by atoms with Crippen LogP contribution in [-0.2, 0) is 6.54 Å². The maximum atomic E-state index is 9.61. The number of pyridine rings is 1. The van der Waals surface area contributed by atoms with E-state index in [1.165, 1.54) is 0 Å². The van der Waals surface area contributed by atoms with Gasteiger partial charge in [-0.25, -0.2) is 4.98 Å². The van der Waals surface area contributed by atoms with E-state index >= 15 is 0 Å². The molecule has 30 heavy (non-hydrogen) atoms. The average Bonchev–Trinajstić information content (AvgIpc) is 2.77. The summed E-state index contributed by atoms with van der Waals surface area (Å²) in [5.74, 6) is 1.68. The third-order valence-corrected chi connectivity index (χ3v) is 5.99. The number of ether oxygens (including phenoxy) is 2. The summed E-state index contributed by atoms with van der Waals surface area (Å²) in [4.78, 5) is 7.41. The molecule has 6 heteroatoms. The zero-order chi connectivity index (χ0) is 21.1. The summed E-state index contributed by atoms with van der Waals surface area (Å²) < 4.78 is 11.0. The summed E-state index contributed by atoms with van der Waals surface area (Å²) in [7, 11) is 3.27. The summed E-state index contributed by atoms with van der Waals surface area (Å²) in [6.45, 7) is 2.94. The smallest absolute Gasteiger partial charge is 0.162 e. The Labute approximate surface area is 182 Å². The lowest BCUT2D eigenvalue weighted by Gasteiger charge is -2.32. The molecular formula is C24H27ClN2O3. The Morgan fingerprint density at radius 3 is 2.67 bits per heavy atom.